The van der Waals surface area contributed by atoms with Gasteiger partial charge >= 0.3 is 6.18 Å². The Balaban J connectivity index is 2.77. The van der Waals surface area contributed by atoms with E-state index in [0.29, 0.717) is 6.07 Å². The lowest BCUT2D eigenvalue weighted by Crippen LogP contribution is -2.08. The summed E-state index contributed by atoms with van der Waals surface area (Å²) in [6, 6.07) is 3.32. The molecule has 2 N–H and O–H groups in total. The van der Waals surface area contributed by atoms with E-state index in [-0.39, 0.29) is 6.07 Å². The third-order valence-electron chi connectivity index (χ3n) is 2.69. The summed E-state index contributed by atoms with van der Waals surface area (Å²) in [5.41, 5.74) is 1.70. The van der Waals surface area contributed by atoms with Crippen molar-refractivity contribution in [3.8, 4) is 11.1 Å². The number of halogens is 6. The van der Waals surface area contributed by atoms with Crippen LogP contribution in [0.25, 0.3) is 11.1 Å². The average Bonchev–Trinajstić information content (AvgIpc) is 2.32. The molecule has 0 saturated heterocycles. The fourth-order valence-electron chi connectivity index (χ4n) is 1.74. The van der Waals surface area contributed by atoms with E-state index in [0.717, 1.165) is 18.2 Å². The van der Waals surface area contributed by atoms with Crippen LogP contribution >= 0.6 is 0 Å². The molecule has 0 aliphatic heterocycles. The summed E-state index contributed by atoms with van der Waals surface area (Å²) in [4.78, 5) is 0. The van der Waals surface area contributed by atoms with Gasteiger partial charge in [-0.2, -0.15) is 13.2 Å². The molecule has 0 saturated carbocycles. The van der Waals surface area contributed by atoms with Gasteiger partial charge in [-0.15, -0.1) is 0 Å². The SMILES string of the molecule is Nc1c(F)cc(C(F)(F)F)cc1-c1c(F)cccc1F. The van der Waals surface area contributed by atoms with Crippen molar-refractivity contribution in [3.05, 3.63) is 53.3 Å². The smallest absolute Gasteiger partial charge is 0.396 e. The van der Waals surface area contributed by atoms with Gasteiger partial charge in [-0.1, -0.05) is 6.07 Å². The summed E-state index contributed by atoms with van der Waals surface area (Å²) in [6.07, 6.45) is -4.86. The van der Waals surface area contributed by atoms with E-state index in [1.165, 1.54) is 0 Å². The largest absolute Gasteiger partial charge is 0.416 e. The zero-order valence-corrected chi connectivity index (χ0v) is 9.73. The number of nitrogens with two attached hydrogens (primary N) is 1. The van der Waals surface area contributed by atoms with E-state index in [9.17, 15) is 26.3 Å². The van der Waals surface area contributed by atoms with Gasteiger partial charge < -0.3 is 5.73 Å². The van der Waals surface area contributed by atoms with Crippen molar-refractivity contribution >= 4 is 5.69 Å². The first kappa shape index (κ1) is 14.2. The van der Waals surface area contributed by atoms with Crippen molar-refractivity contribution in [2.45, 2.75) is 6.18 Å². The molecular weight excluding hydrogens is 284 g/mol. The van der Waals surface area contributed by atoms with E-state index < -0.39 is 46.0 Å². The number of hydrogen-bond donors (Lipinski definition) is 1. The highest BCUT2D eigenvalue weighted by atomic mass is 19.4. The monoisotopic (exact) mass is 291 g/mol. The summed E-state index contributed by atoms with van der Waals surface area (Å²) >= 11 is 0. The third kappa shape index (κ3) is 2.43. The van der Waals surface area contributed by atoms with Gasteiger partial charge in [0.25, 0.3) is 0 Å². The normalized spacial score (nSPS) is 11.7. The van der Waals surface area contributed by atoms with E-state index in [4.69, 9.17) is 5.73 Å². The standard InChI is InChI=1S/C13H7F6N/c14-8-2-1-3-9(15)11(8)7-4-6(13(17,18)19)5-10(16)12(7)20/h1-5H,20H2. The van der Waals surface area contributed by atoms with Gasteiger partial charge in [0.2, 0.25) is 0 Å². The molecule has 0 spiro atoms. The zero-order valence-electron chi connectivity index (χ0n) is 9.73. The predicted octanol–water partition coefficient (Wildman–Crippen LogP) is 4.37. The minimum atomic E-state index is -4.86. The van der Waals surface area contributed by atoms with E-state index in [1.54, 1.807) is 0 Å². The van der Waals surface area contributed by atoms with Gasteiger partial charge in [0.15, 0.2) is 0 Å². The molecule has 0 unspecified atom stereocenters. The molecule has 0 aromatic heterocycles. The van der Waals surface area contributed by atoms with Gasteiger partial charge in [-0.05, 0) is 24.3 Å². The molecule has 0 radical (unpaired) electrons. The number of benzene rings is 2. The van der Waals surface area contributed by atoms with E-state index in [2.05, 4.69) is 0 Å². The van der Waals surface area contributed by atoms with Crippen LogP contribution in [0.15, 0.2) is 30.3 Å². The third-order valence-corrected chi connectivity index (χ3v) is 2.69. The molecule has 0 bridgehead atoms. The molecule has 1 nitrogen and oxygen atoms in total. The molecule has 7 heteroatoms. The molecule has 0 heterocycles. The number of alkyl halides is 3. The number of rotatable bonds is 1. The minimum Gasteiger partial charge on any atom is -0.396 e. The average molecular weight is 291 g/mol. The number of nitrogen functional groups attached to an aromatic ring is 1. The van der Waals surface area contributed by atoms with Crippen molar-refractivity contribution in [1.82, 2.24) is 0 Å². The van der Waals surface area contributed by atoms with Gasteiger partial charge in [0, 0.05) is 5.56 Å². The Kier molecular flexibility index (Phi) is 3.37. The molecule has 20 heavy (non-hydrogen) atoms. The Bertz CT molecular complexity index is 642. The molecule has 106 valence electrons. The predicted molar refractivity (Wildman–Crippen MR) is 61.2 cm³/mol. The van der Waals surface area contributed by atoms with Crippen molar-refractivity contribution in [1.29, 1.82) is 0 Å². The maximum atomic E-state index is 13.6. The lowest BCUT2D eigenvalue weighted by molar-refractivity contribution is -0.137. The van der Waals surface area contributed by atoms with Crippen LogP contribution in [-0.2, 0) is 6.18 Å². The fraction of sp³-hybridized carbons (Fsp3) is 0.0769. The Hall–Kier alpha value is -2.18. The summed E-state index contributed by atoms with van der Waals surface area (Å²) in [5, 5.41) is 0. The lowest BCUT2D eigenvalue weighted by Gasteiger charge is -2.13. The molecule has 0 aliphatic carbocycles. The summed E-state index contributed by atoms with van der Waals surface area (Å²) in [6.45, 7) is 0. The quantitative estimate of drug-likeness (QED) is 0.612. The molecule has 0 amide bonds. The highest BCUT2D eigenvalue weighted by Crippen LogP contribution is 2.38. The van der Waals surface area contributed by atoms with Gasteiger partial charge in [-0.25, -0.2) is 13.2 Å². The Morgan fingerprint density at radius 3 is 1.90 bits per heavy atom. The van der Waals surface area contributed by atoms with Crippen molar-refractivity contribution < 1.29 is 26.3 Å². The maximum absolute atomic E-state index is 13.6. The minimum absolute atomic E-state index is 0.178. The number of hydrogen-bond acceptors (Lipinski definition) is 1. The molecular formula is C13H7F6N. The molecule has 0 atom stereocenters. The summed E-state index contributed by atoms with van der Waals surface area (Å²) in [5.74, 6) is -3.65. The van der Waals surface area contributed by atoms with Crippen LogP contribution in [0.2, 0.25) is 0 Å². The first-order valence-electron chi connectivity index (χ1n) is 5.32. The molecule has 2 aromatic rings. The highest BCUT2D eigenvalue weighted by Gasteiger charge is 2.33. The van der Waals surface area contributed by atoms with Crippen LogP contribution in [0.1, 0.15) is 5.56 Å². The second-order valence-electron chi connectivity index (χ2n) is 4.01. The van der Waals surface area contributed by atoms with Gasteiger partial charge in [0.1, 0.15) is 17.5 Å². The first-order valence-corrected chi connectivity index (χ1v) is 5.32. The number of anilines is 1. The van der Waals surface area contributed by atoms with Crippen LogP contribution in [0.4, 0.5) is 32.0 Å². The summed E-state index contributed by atoms with van der Waals surface area (Å²) < 4.78 is 78.4. The van der Waals surface area contributed by atoms with Crippen LogP contribution in [-0.4, -0.2) is 0 Å². The van der Waals surface area contributed by atoms with Gasteiger partial charge in [0.05, 0.1) is 16.8 Å². The van der Waals surface area contributed by atoms with Crippen molar-refractivity contribution in [2.75, 3.05) is 5.73 Å². The Labute approximate surface area is 109 Å². The fourth-order valence-corrected chi connectivity index (χ4v) is 1.74. The van der Waals surface area contributed by atoms with Crippen LogP contribution in [0, 0.1) is 17.5 Å². The Morgan fingerprint density at radius 2 is 1.40 bits per heavy atom. The van der Waals surface area contributed by atoms with Crippen LogP contribution in [0.5, 0.6) is 0 Å². The van der Waals surface area contributed by atoms with Crippen molar-refractivity contribution in [3.63, 3.8) is 0 Å². The summed E-state index contributed by atoms with van der Waals surface area (Å²) in [7, 11) is 0. The lowest BCUT2D eigenvalue weighted by atomic mass is 9.99. The molecule has 0 fully saturated rings. The van der Waals surface area contributed by atoms with E-state index in [1.807, 2.05) is 0 Å². The van der Waals surface area contributed by atoms with Crippen molar-refractivity contribution in [2.24, 2.45) is 0 Å². The second-order valence-corrected chi connectivity index (χ2v) is 4.01. The highest BCUT2D eigenvalue weighted by molar-refractivity contribution is 5.78. The van der Waals surface area contributed by atoms with Gasteiger partial charge in [-0.3, -0.25) is 0 Å². The molecule has 0 aliphatic rings. The first-order chi connectivity index (χ1) is 9.21. The van der Waals surface area contributed by atoms with Crippen LogP contribution < -0.4 is 5.73 Å². The molecule has 2 rings (SSSR count). The Morgan fingerprint density at radius 1 is 0.850 bits per heavy atom. The maximum Gasteiger partial charge on any atom is 0.416 e. The second kappa shape index (κ2) is 4.73. The van der Waals surface area contributed by atoms with E-state index >= 15 is 0 Å². The topological polar surface area (TPSA) is 26.0 Å². The van der Waals surface area contributed by atoms with Crippen LogP contribution in [0.3, 0.4) is 0 Å². The zero-order chi connectivity index (χ0) is 15.1. The molecule has 2 aromatic carbocycles.